The lowest BCUT2D eigenvalue weighted by Gasteiger charge is -2.52. The second kappa shape index (κ2) is 7.28. The molecule has 0 amide bonds. The minimum Gasteiger partial charge on any atom is -0.389 e. The molecule has 0 heterocycles. The molecule has 1 N–H and O–H groups in total. The molecule has 5 nitrogen and oxygen atoms in total. The third-order valence-electron chi connectivity index (χ3n) is 6.31. The number of fused-ring (bicyclic) bond motifs is 1. The van der Waals surface area contributed by atoms with Crippen LogP contribution in [0.4, 0.5) is 0 Å². The first-order chi connectivity index (χ1) is 11.4. The highest BCUT2D eigenvalue weighted by Crippen LogP contribution is 2.59. The Morgan fingerprint density at radius 2 is 1.92 bits per heavy atom. The molecule has 0 aromatic rings. The van der Waals surface area contributed by atoms with Crippen LogP contribution in [-0.4, -0.2) is 54.8 Å². The number of hydrogen-bond donors (Lipinski definition) is 1. The minimum absolute atomic E-state index is 0.159. The van der Waals surface area contributed by atoms with Crippen LogP contribution in [0.5, 0.6) is 0 Å². The summed E-state index contributed by atoms with van der Waals surface area (Å²) in [4.78, 5) is 0. The highest BCUT2D eigenvalue weighted by atomic mass is 31.2. The molecular weight excluding hydrogens is 335 g/mol. The standard InChI is InChI=1S/C19H35N2O3P/c1-13(2)15-9-10-16-17(22)11-18(14(3)19(16,4)12-15)24-25(23,20(5)6)21(7)8/h10,14-15,17-18,22H,1,9,11-12H2,2-8H3/t14-,15-,17-,18-,19-/m1/s1. The van der Waals surface area contributed by atoms with Gasteiger partial charge in [-0.2, -0.15) is 0 Å². The van der Waals surface area contributed by atoms with Gasteiger partial charge in [-0.1, -0.05) is 32.1 Å². The maximum Gasteiger partial charge on any atom is 0.345 e. The van der Waals surface area contributed by atoms with Crippen LogP contribution in [0.2, 0.25) is 0 Å². The van der Waals surface area contributed by atoms with Gasteiger partial charge in [0.2, 0.25) is 0 Å². The molecule has 0 unspecified atom stereocenters. The Morgan fingerprint density at radius 3 is 2.40 bits per heavy atom. The van der Waals surface area contributed by atoms with E-state index in [1.165, 1.54) is 5.57 Å². The fourth-order valence-corrected chi connectivity index (χ4v) is 6.09. The fraction of sp³-hybridized carbons (Fsp3) is 0.789. The second-order valence-corrected chi connectivity index (χ2v) is 11.2. The molecule has 0 aromatic heterocycles. The summed E-state index contributed by atoms with van der Waals surface area (Å²) in [6.45, 7) is 10.6. The Balaban J connectivity index is 2.33. The van der Waals surface area contributed by atoms with Crippen LogP contribution in [0, 0.1) is 17.3 Å². The van der Waals surface area contributed by atoms with E-state index in [0.717, 1.165) is 18.4 Å². The maximum absolute atomic E-state index is 13.3. The largest absolute Gasteiger partial charge is 0.389 e. The minimum atomic E-state index is -3.09. The van der Waals surface area contributed by atoms with E-state index in [2.05, 4.69) is 33.4 Å². The Hall–Kier alpha value is -0.450. The van der Waals surface area contributed by atoms with Crippen LogP contribution in [0.15, 0.2) is 23.8 Å². The van der Waals surface area contributed by atoms with E-state index < -0.39 is 13.8 Å². The summed E-state index contributed by atoms with van der Waals surface area (Å²) in [5.41, 5.74) is 2.16. The summed E-state index contributed by atoms with van der Waals surface area (Å²) in [5, 5.41) is 10.8. The molecule has 0 bridgehead atoms. The lowest BCUT2D eigenvalue weighted by atomic mass is 9.56. The van der Waals surface area contributed by atoms with Crippen molar-refractivity contribution in [1.82, 2.24) is 9.34 Å². The topological polar surface area (TPSA) is 53.0 Å². The van der Waals surface area contributed by atoms with Crippen molar-refractivity contribution in [3.8, 4) is 0 Å². The van der Waals surface area contributed by atoms with E-state index in [-0.39, 0.29) is 17.4 Å². The highest BCUT2D eigenvalue weighted by molar-refractivity contribution is 7.53. The molecule has 1 saturated carbocycles. The summed E-state index contributed by atoms with van der Waals surface area (Å²) in [7, 11) is 4.00. The van der Waals surface area contributed by atoms with E-state index in [1.807, 2.05) is 0 Å². The first kappa shape index (κ1) is 20.9. The van der Waals surface area contributed by atoms with Crippen molar-refractivity contribution in [1.29, 1.82) is 0 Å². The zero-order valence-electron chi connectivity index (χ0n) is 16.8. The van der Waals surface area contributed by atoms with Crippen LogP contribution in [0.3, 0.4) is 0 Å². The van der Waals surface area contributed by atoms with E-state index in [4.69, 9.17) is 4.52 Å². The number of rotatable bonds is 5. The lowest BCUT2D eigenvalue weighted by Crippen LogP contribution is -2.49. The Morgan fingerprint density at radius 1 is 1.36 bits per heavy atom. The molecule has 0 aromatic carbocycles. The molecule has 1 fully saturated rings. The number of aliphatic hydroxyl groups is 1. The summed E-state index contributed by atoms with van der Waals surface area (Å²) in [6, 6.07) is 0. The van der Waals surface area contributed by atoms with Crippen LogP contribution < -0.4 is 0 Å². The van der Waals surface area contributed by atoms with Gasteiger partial charge in [0.25, 0.3) is 0 Å². The quantitative estimate of drug-likeness (QED) is 0.587. The van der Waals surface area contributed by atoms with E-state index in [1.54, 1.807) is 37.5 Å². The predicted octanol–water partition coefficient (Wildman–Crippen LogP) is 3.92. The van der Waals surface area contributed by atoms with Gasteiger partial charge in [-0.25, -0.2) is 9.34 Å². The van der Waals surface area contributed by atoms with Gasteiger partial charge in [0.05, 0.1) is 12.2 Å². The van der Waals surface area contributed by atoms with Gasteiger partial charge in [0.1, 0.15) is 0 Å². The lowest BCUT2D eigenvalue weighted by molar-refractivity contribution is -0.0272. The first-order valence-electron chi connectivity index (χ1n) is 9.11. The highest BCUT2D eigenvalue weighted by Gasteiger charge is 2.51. The third-order valence-corrected chi connectivity index (χ3v) is 8.88. The summed E-state index contributed by atoms with van der Waals surface area (Å²) >= 11 is 0. The van der Waals surface area contributed by atoms with Gasteiger partial charge < -0.3 is 9.63 Å². The zero-order valence-corrected chi connectivity index (χ0v) is 17.7. The average Bonchev–Trinajstić information content (AvgIpc) is 2.51. The molecule has 25 heavy (non-hydrogen) atoms. The van der Waals surface area contributed by atoms with Gasteiger partial charge in [0.15, 0.2) is 0 Å². The number of aliphatic hydroxyl groups excluding tert-OH is 1. The Labute approximate surface area is 153 Å². The molecule has 6 heteroatoms. The molecule has 5 atom stereocenters. The Bertz CT molecular complexity index is 589. The van der Waals surface area contributed by atoms with Crippen molar-refractivity contribution in [2.24, 2.45) is 17.3 Å². The molecule has 2 rings (SSSR count). The summed E-state index contributed by atoms with van der Waals surface area (Å²) in [6.07, 6.45) is 3.82. The number of hydrogen-bond acceptors (Lipinski definition) is 3. The van der Waals surface area contributed by atoms with Crippen molar-refractivity contribution in [3.63, 3.8) is 0 Å². The molecule has 0 radical (unpaired) electrons. The van der Waals surface area contributed by atoms with Crippen molar-refractivity contribution in [3.05, 3.63) is 23.8 Å². The molecule has 2 aliphatic rings. The smallest absolute Gasteiger partial charge is 0.345 e. The van der Waals surface area contributed by atoms with Gasteiger partial charge >= 0.3 is 7.67 Å². The van der Waals surface area contributed by atoms with E-state index in [0.29, 0.717) is 12.3 Å². The van der Waals surface area contributed by atoms with Crippen LogP contribution in [0.25, 0.3) is 0 Å². The zero-order chi connectivity index (χ0) is 19.2. The number of allylic oxidation sites excluding steroid dienone is 2. The maximum atomic E-state index is 13.3. The van der Waals surface area contributed by atoms with Crippen LogP contribution in [0.1, 0.15) is 40.0 Å². The van der Waals surface area contributed by atoms with Crippen LogP contribution >= 0.6 is 7.67 Å². The van der Waals surface area contributed by atoms with Crippen molar-refractivity contribution in [2.75, 3.05) is 28.2 Å². The van der Waals surface area contributed by atoms with Gasteiger partial charge in [-0.05, 0) is 70.8 Å². The molecule has 144 valence electrons. The van der Waals surface area contributed by atoms with E-state index >= 15 is 0 Å². The SMILES string of the molecule is C=C(C)[C@@H]1CC=C2[C@H](O)C[C@@H](OP(=O)(N(C)C)N(C)C)[C@@H](C)[C@@]2(C)C1. The molecule has 0 saturated heterocycles. The van der Waals surface area contributed by atoms with Crippen molar-refractivity contribution < 1.29 is 14.2 Å². The van der Waals surface area contributed by atoms with Crippen molar-refractivity contribution in [2.45, 2.75) is 52.2 Å². The van der Waals surface area contributed by atoms with Gasteiger partial charge in [-0.3, -0.25) is 4.57 Å². The fourth-order valence-electron chi connectivity index (χ4n) is 4.37. The van der Waals surface area contributed by atoms with Crippen LogP contribution in [-0.2, 0) is 9.09 Å². The second-order valence-electron chi connectivity index (χ2n) is 8.43. The van der Waals surface area contributed by atoms with E-state index in [9.17, 15) is 9.67 Å². The third kappa shape index (κ3) is 3.68. The molecule has 2 aliphatic carbocycles. The Kier molecular flexibility index (Phi) is 6.08. The summed E-state index contributed by atoms with van der Waals surface area (Å²) < 4.78 is 22.8. The van der Waals surface area contributed by atoms with Gasteiger partial charge in [0, 0.05) is 6.42 Å². The van der Waals surface area contributed by atoms with Gasteiger partial charge in [-0.15, -0.1) is 0 Å². The molecule has 0 aliphatic heterocycles. The first-order valence-corrected chi connectivity index (χ1v) is 10.6. The normalized spacial score (nSPS) is 36.3. The molecule has 0 spiro atoms. The number of nitrogens with zero attached hydrogens (tertiary/aromatic N) is 2. The average molecular weight is 370 g/mol. The monoisotopic (exact) mass is 370 g/mol. The predicted molar refractivity (Wildman–Crippen MR) is 103 cm³/mol. The molecular formula is C19H35N2O3P. The van der Waals surface area contributed by atoms with Crippen molar-refractivity contribution >= 4 is 7.67 Å². The summed E-state index contributed by atoms with van der Waals surface area (Å²) in [5.74, 6) is 0.592.